The first-order valence-electron chi connectivity index (χ1n) is 5.24. The first-order valence-corrected chi connectivity index (χ1v) is 5.24. The zero-order valence-electron chi connectivity index (χ0n) is 9.18. The van der Waals surface area contributed by atoms with Crippen molar-refractivity contribution in [1.29, 1.82) is 0 Å². The lowest BCUT2D eigenvalue weighted by atomic mass is 10.1. The topological polar surface area (TPSA) is 48.1 Å². The normalized spacial score (nSPS) is 10.1. The van der Waals surface area contributed by atoms with Gasteiger partial charge in [-0.15, -0.1) is 0 Å². The molecule has 3 heteroatoms. The predicted octanol–water partition coefficient (Wildman–Crippen LogP) is 2.73. The number of aromatic nitrogens is 1. The predicted molar refractivity (Wildman–Crippen MR) is 65.3 cm³/mol. The summed E-state index contributed by atoms with van der Waals surface area (Å²) in [6, 6.07) is 11.6. The zero-order chi connectivity index (χ0) is 11.4. The van der Waals surface area contributed by atoms with Gasteiger partial charge in [0.2, 0.25) is 5.88 Å². The fourth-order valence-corrected chi connectivity index (χ4v) is 1.53. The van der Waals surface area contributed by atoms with Gasteiger partial charge in [-0.3, -0.25) is 0 Å². The molecule has 0 saturated carbocycles. The number of anilines is 1. The zero-order valence-corrected chi connectivity index (χ0v) is 9.18. The summed E-state index contributed by atoms with van der Waals surface area (Å²) < 4.78 is 5.36. The summed E-state index contributed by atoms with van der Waals surface area (Å²) in [6.45, 7) is 2.56. The van der Waals surface area contributed by atoms with Crippen LogP contribution < -0.4 is 10.5 Å². The second-order valence-corrected chi connectivity index (χ2v) is 3.44. The number of hydrogen-bond donors (Lipinski definition) is 1. The Morgan fingerprint density at radius 1 is 1.19 bits per heavy atom. The molecule has 16 heavy (non-hydrogen) atoms. The smallest absolute Gasteiger partial charge is 0.213 e. The lowest BCUT2D eigenvalue weighted by Crippen LogP contribution is -1.94. The summed E-state index contributed by atoms with van der Waals surface area (Å²) in [4.78, 5) is 4.12. The number of nitrogens with two attached hydrogens (primary N) is 1. The fourth-order valence-electron chi connectivity index (χ4n) is 1.53. The molecule has 0 fully saturated rings. The van der Waals surface area contributed by atoms with Crippen molar-refractivity contribution >= 4 is 5.69 Å². The van der Waals surface area contributed by atoms with Crippen molar-refractivity contribution in [2.24, 2.45) is 0 Å². The number of hydrogen-bond acceptors (Lipinski definition) is 3. The quantitative estimate of drug-likeness (QED) is 0.799. The lowest BCUT2D eigenvalue weighted by molar-refractivity contribution is 0.327. The highest BCUT2D eigenvalue weighted by atomic mass is 16.5. The Balaban J connectivity index is 2.36. The van der Waals surface area contributed by atoms with Crippen LogP contribution in [0.5, 0.6) is 5.88 Å². The van der Waals surface area contributed by atoms with Crippen LogP contribution in [0.1, 0.15) is 6.92 Å². The molecule has 0 saturated heterocycles. The molecule has 0 aliphatic carbocycles. The molecule has 0 atom stereocenters. The molecule has 1 aromatic heterocycles. The molecule has 2 aromatic rings. The minimum atomic E-state index is 0.618. The van der Waals surface area contributed by atoms with Crippen LogP contribution in [0.15, 0.2) is 42.6 Å². The van der Waals surface area contributed by atoms with Gasteiger partial charge in [-0.1, -0.05) is 12.1 Å². The lowest BCUT2D eigenvalue weighted by Gasteiger charge is -2.05. The van der Waals surface area contributed by atoms with E-state index in [1.807, 2.05) is 43.3 Å². The summed E-state index contributed by atoms with van der Waals surface area (Å²) in [5.74, 6) is 0.641. The monoisotopic (exact) mass is 214 g/mol. The number of rotatable bonds is 3. The Morgan fingerprint density at radius 3 is 2.75 bits per heavy atom. The van der Waals surface area contributed by atoms with Gasteiger partial charge >= 0.3 is 0 Å². The van der Waals surface area contributed by atoms with Crippen molar-refractivity contribution < 1.29 is 4.74 Å². The van der Waals surface area contributed by atoms with Crippen molar-refractivity contribution in [3.63, 3.8) is 0 Å². The minimum Gasteiger partial charge on any atom is -0.478 e. The Hall–Kier alpha value is -2.03. The summed E-state index contributed by atoms with van der Waals surface area (Å²) in [5.41, 5.74) is 8.64. The van der Waals surface area contributed by atoms with E-state index in [4.69, 9.17) is 10.5 Å². The van der Waals surface area contributed by atoms with E-state index in [9.17, 15) is 0 Å². The molecule has 0 aliphatic rings. The Bertz CT molecular complexity index is 483. The Morgan fingerprint density at radius 2 is 2.00 bits per heavy atom. The third kappa shape index (κ3) is 2.31. The Kier molecular flexibility index (Phi) is 3.05. The van der Waals surface area contributed by atoms with Gasteiger partial charge in [0, 0.05) is 18.0 Å². The van der Waals surface area contributed by atoms with E-state index in [1.165, 1.54) is 0 Å². The van der Waals surface area contributed by atoms with Gasteiger partial charge in [0.15, 0.2) is 0 Å². The highest BCUT2D eigenvalue weighted by Crippen LogP contribution is 2.23. The van der Waals surface area contributed by atoms with E-state index in [0.717, 1.165) is 16.8 Å². The molecule has 0 bridgehead atoms. The van der Waals surface area contributed by atoms with Gasteiger partial charge in [-0.2, -0.15) is 0 Å². The number of nitrogen functional groups attached to an aromatic ring is 1. The van der Waals surface area contributed by atoms with E-state index < -0.39 is 0 Å². The Labute approximate surface area is 94.9 Å². The van der Waals surface area contributed by atoms with Crippen LogP contribution in [-0.2, 0) is 0 Å². The van der Waals surface area contributed by atoms with Crippen LogP contribution in [0, 0.1) is 0 Å². The highest BCUT2D eigenvalue weighted by Gasteiger charge is 2.00. The van der Waals surface area contributed by atoms with Crippen LogP contribution in [-0.4, -0.2) is 11.6 Å². The minimum absolute atomic E-state index is 0.618. The largest absolute Gasteiger partial charge is 0.478 e. The van der Waals surface area contributed by atoms with Gasteiger partial charge in [0.25, 0.3) is 0 Å². The molecule has 2 rings (SSSR count). The molecule has 2 N–H and O–H groups in total. The third-order valence-corrected chi connectivity index (χ3v) is 2.25. The van der Waals surface area contributed by atoms with Crippen LogP contribution in [0.25, 0.3) is 11.1 Å². The first-order chi connectivity index (χ1) is 7.79. The third-order valence-electron chi connectivity index (χ3n) is 2.25. The molecule has 0 unspecified atom stereocenters. The summed E-state index contributed by atoms with van der Waals surface area (Å²) in [5, 5.41) is 0. The second kappa shape index (κ2) is 4.66. The van der Waals surface area contributed by atoms with Crippen LogP contribution in [0.3, 0.4) is 0 Å². The molecule has 0 spiro atoms. The van der Waals surface area contributed by atoms with Gasteiger partial charge in [-0.25, -0.2) is 4.98 Å². The molecule has 0 amide bonds. The van der Waals surface area contributed by atoms with Crippen molar-refractivity contribution in [3.8, 4) is 17.0 Å². The van der Waals surface area contributed by atoms with Gasteiger partial charge < -0.3 is 10.5 Å². The SMILES string of the molecule is CCOc1cc(-c2cccc(N)c2)ccn1. The summed E-state index contributed by atoms with van der Waals surface area (Å²) in [6.07, 6.45) is 1.74. The van der Waals surface area contributed by atoms with E-state index in [1.54, 1.807) is 6.20 Å². The van der Waals surface area contributed by atoms with E-state index >= 15 is 0 Å². The molecule has 0 aliphatic heterocycles. The maximum absolute atomic E-state index is 5.75. The van der Waals surface area contributed by atoms with Crippen molar-refractivity contribution in [2.45, 2.75) is 6.92 Å². The first kappa shape index (κ1) is 10.5. The second-order valence-electron chi connectivity index (χ2n) is 3.44. The maximum atomic E-state index is 5.75. The van der Waals surface area contributed by atoms with Crippen molar-refractivity contribution in [2.75, 3.05) is 12.3 Å². The number of ether oxygens (including phenoxy) is 1. The molecule has 82 valence electrons. The maximum Gasteiger partial charge on any atom is 0.213 e. The highest BCUT2D eigenvalue weighted by molar-refractivity contribution is 5.67. The summed E-state index contributed by atoms with van der Waals surface area (Å²) in [7, 11) is 0. The van der Waals surface area contributed by atoms with Crippen LogP contribution in [0.4, 0.5) is 5.69 Å². The number of benzene rings is 1. The standard InChI is InChI=1S/C13H14N2O/c1-2-16-13-9-11(6-7-15-13)10-4-3-5-12(14)8-10/h3-9H,2,14H2,1H3. The molecule has 1 aromatic carbocycles. The van der Waals surface area contributed by atoms with Crippen LogP contribution in [0.2, 0.25) is 0 Å². The van der Waals surface area contributed by atoms with Gasteiger partial charge in [0.1, 0.15) is 0 Å². The van der Waals surface area contributed by atoms with Gasteiger partial charge in [-0.05, 0) is 36.2 Å². The van der Waals surface area contributed by atoms with Gasteiger partial charge in [0.05, 0.1) is 6.61 Å². The van der Waals surface area contributed by atoms with E-state index in [-0.39, 0.29) is 0 Å². The molecule has 3 nitrogen and oxygen atoms in total. The van der Waals surface area contributed by atoms with Crippen LogP contribution >= 0.6 is 0 Å². The van der Waals surface area contributed by atoms with Crippen molar-refractivity contribution in [3.05, 3.63) is 42.6 Å². The average molecular weight is 214 g/mol. The molecule has 1 heterocycles. The molecular weight excluding hydrogens is 200 g/mol. The summed E-state index contributed by atoms with van der Waals surface area (Å²) >= 11 is 0. The number of pyridine rings is 1. The fraction of sp³-hybridized carbons (Fsp3) is 0.154. The number of nitrogens with zero attached hydrogens (tertiary/aromatic N) is 1. The molecular formula is C13H14N2O. The van der Waals surface area contributed by atoms with Crippen molar-refractivity contribution in [1.82, 2.24) is 4.98 Å². The van der Waals surface area contributed by atoms with E-state index in [2.05, 4.69) is 4.98 Å². The molecule has 0 radical (unpaired) electrons. The average Bonchev–Trinajstić information content (AvgIpc) is 2.30. The van der Waals surface area contributed by atoms with E-state index in [0.29, 0.717) is 12.5 Å².